The van der Waals surface area contributed by atoms with Gasteiger partial charge < -0.3 is 87.2 Å². The lowest BCUT2D eigenvalue weighted by Gasteiger charge is -2.34. The van der Waals surface area contributed by atoms with E-state index in [9.17, 15) is 69.3 Å². The summed E-state index contributed by atoms with van der Waals surface area (Å²) in [6.07, 6.45) is -8.17. The number of fused-ring (bicyclic) bond motifs is 2. The Morgan fingerprint density at radius 1 is 0.744 bits per heavy atom. The molecule has 25 nitrogen and oxygen atoms in total. The van der Waals surface area contributed by atoms with Crippen LogP contribution in [-0.4, -0.2) is 192 Å². The summed E-state index contributed by atoms with van der Waals surface area (Å²) in [5.74, 6) is -7.79. The number of phenols is 1. The van der Waals surface area contributed by atoms with Gasteiger partial charge in [0.2, 0.25) is 47.3 Å². The third-order valence-electron chi connectivity index (χ3n) is 15.9. The van der Waals surface area contributed by atoms with Crippen molar-refractivity contribution in [2.24, 2.45) is 17.6 Å². The predicted molar refractivity (Wildman–Crippen MR) is 295 cm³/mol. The van der Waals surface area contributed by atoms with E-state index in [1.54, 1.807) is 30.3 Å². The van der Waals surface area contributed by atoms with Crippen molar-refractivity contribution in [1.82, 2.24) is 36.4 Å². The average Bonchev–Trinajstić information content (AvgIpc) is 4.23. The van der Waals surface area contributed by atoms with Gasteiger partial charge in [0.15, 0.2) is 6.23 Å². The van der Waals surface area contributed by atoms with Gasteiger partial charge in [0.1, 0.15) is 54.2 Å². The second kappa shape index (κ2) is 30.3. The highest BCUT2D eigenvalue weighted by Gasteiger charge is 2.52. The van der Waals surface area contributed by atoms with Crippen LogP contribution in [0, 0.1) is 11.8 Å². The molecule has 452 valence electrons. The van der Waals surface area contributed by atoms with Gasteiger partial charge in [-0.05, 0) is 61.2 Å². The minimum Gasteiger partial charge on any atom is -0.508 e. The highest BCUT2D eigenvalue weighted by Crippen LogP contribution is 2.35. The first-order valence-electron chi connectivity index (χ1n) is 28.6. The number of rotatable bonds is 20. The van der Waals surface area contributed by atoms with Gasteiger partial charge in [-0.3, -0.25) is 38.4 Å². The minimum absolute atomic E-state index is 0.0656. The molecule has 2 aromatic carbocycles. The molecule has 14 N–H and O–H groups in total. The van der Waals surface area contributed by atoms with Gasteiger partial charge in [0.25, 0.3) is 0 Å². The van der Waals surface area contributed by atoms with Gasteiger partial charge in [0.05, 0.1) is 36.9 Å². The number of aromatic hydroxyl groups is 1. The highest BCUT2D eigenvalue weighted by atomic mass is 16.7. The summed E-state index contributed by atoms with van der Waals surface area (Å²) < 4.78 is 12.8. The standard InChI is InChI=1S/C56H83BN8O17/c1-5-30(2)25-31(3)15-11-8-6-7-9-14-18-43(73)59-37-27-41(71)52(76)63-54(78)47-39(69)23-24-64(47)56(80)45(40(70)28-42(58)72)61-53(77)46(62-51(75)38-26-36(68)29-65(38)55(79)44(32(4)66)60-50(37)74)49-48(33-19-21-35(67)22-20-33)81-57(82-49)34-16-12-10-13-17-34/h10,12-13,16-17,19-22,30-32,36-41,44-49,52,66-71,76H,5-9,11,14-15,18,23-29H2,1-4H3,(H2,58,72)(H,59,73)(H,60,74)(H,61,77)(H,62,75)(H,63,78)/t30-,31+,32+,36+,37-,38-,39-,40+,41+,44-,45-,46-,47-,48-,49-,52+/m0/s1. The highest BCUT2D eigenvalue weighted by molar-refractivity contribution is 6.61. The van der Waals surface area contributed by atoms with Gasteiger partial charge in [-0.25, -0.2) is 0 Å². The molecule has 4 fully saturated rings. The fraction of sp³-hybridized carbons (Fsp3) is 0.643. The maximum atomic E-state index is 15.1. The number of nitrogens with two attached hydrogens (primary N) is 1. The molecule has 6 rings (SSSR count). The van der Waals surface area contributed by atoms with E-state index in [1.807, 2.05) is 0 Å². The van der Waals surface area contributed by atoms with Crippen molar-refractivity contribution in [2.45, 2.75) is 203 Å². The van der Waals surface area contributed by atoms with E-state index >= 15 is 4.79 Å². The fourth-order valence-electron chi connectivity index (χ4n) is 11.1. The average molecular weight is 1150 g/mol. The van der Waals surface area contributed by atoms with Crippen LogP contribution in [0.5, 0.6) is 5.75 Å². The second-order valence-corrected chi connectivity index (χ2v) is 22.5. The van der Waals surface area contributed by atoms with Crippen LogP contribution in [0.2, 0.25) is 0 Å². The van der Waals surface area contributed by atoms with Gasteiger partial charge in [0, 0.05) is 32.4 Å². The molecule has 0 bridgehead atoms. The maximum Gasteiger partial charge on any atom is 0.494 e. The Bertz CT molecular complexity index is 2500. The number of unbranched alkanes of at least 4 members (excludes halogenated alkanes) is 5. The van der Waals surface area contributed by atoms with E-state index in [0.29, 0.717) is 35.7 Å². The molecular weight excluding hydrogens is 1070 g/mol. The number of phenolic OH excluding ortho intramolecular Hbond substituents is 1. The van der Waals surface area contributed by atoms with Crippen molar-refractivity contribution < 1.29 is 83.4 Å². The normalized spacial score (nSPS) is 29.5. The van der Waals surface area contributed by atoms with Gasteiger partial charge in [-0.2, -0.15) is 0 Å². The first-order valence-corrected chi connectivity index (χ1v) is 28.6. The van der Waals surface area contributed by atoms with Gasteiger partial charge in [-0.1, -0.05) is 108 Å². The van der Waals surface area contributed by atoms with Crippen LogP contribution in [0.3, 0.4) is 0 Å². The zero-order valence-corrected chi connectivity index (χ0v) is 47.0. The van der Waals surface area contributed by atoms with Crippen LogP contribution in [-0.2, 0) is 47.7 Å². The van der Waals surface area contributed by atoms with Crippen molar-refractivity contribution in [1.29, 1.82) is 0 Å². The number of nitrogens with zero attached hydrogens (tertiary/aromatic N) is 2. The third-order valence-corrected chi connectivity index (χ3v) is 15.9. The summed E-state index contributed by atoms with van der Waals surface area (Å²) in [7, 11) is -1.25. The van der Waals surface area contributed by atoms with Crippen molar-refractivity contribution in [2.75, 3.05) is 13.1 Å². The number of hydrogen-bond donors (Lipinski definition) is 13. The van der Waals surface area contributed by atoms with Crippen molar-refractivity contribution >= 4 is 59.8 Å². The zero-order chi connectivity index (χ0) is 59.9. The number of aliphatic hydroxyl groups excluding tert-OH is 6. The van der Waals surface area contributed by atoms with Gasteiger partial charge in [-0.15, -0.1) is 0 Å². The Morgan fingerprint density at radius 3 is 2.05 bits per heavy atom. The SMILES string of the molecule is CC[C@H](C)C[C@H](C)CCCCCCCCC(=O)N[C@H]1C[C@@H](O)[C@@H](O)NC(=O)[C@@H]2[C@@H](O)CCN2C(=O)[C@H]([C@H](O)CC(N)=O)NC(=O)[C@H]([C@@H]2OB(c3ccccc3)O[C@H]2c2ccc(O)cc2)NC(=O)[C@@H]2C[C@@H](O)CN2C(=O)[C@H]([C@@H](C)O)NC1=O. The lowest BCUT2D eigenvalue weighted by Crippen LogP contribution is -2.64. The number of primary amides is 1. The Hall–Kier alpha value is -6.26. The molecule has 0 saturated carbocycles. The predicted octanol–water partition coefficient (Wildman–Crippen LogP) is -1.88. The number of carbonyl (C=O) groups excluding carboxylic acids is 8. The molecule has 4 saturated heterocycles. The van der Waals surface area contributed by atoms with Crippen LogP contribution in [0.4, 0.5) is 0 Å². The minimum atomic E-state index is -2.26. The lowest BCUT2D eigenvalue weighted by atomic mass is 9.79. The van der Waals surface area contributed by atoms with Gasteiger partial charge >= 0.3 is 7.12 Å². The second-order valence-electron chi connectivity index (χ2n) is 22.5. The Kier molecular flexibility index (Phi) is 24.0. The molecule has 4 aliphatic heterocycles. The van der Waals surface area contributed by atoms with E-state index in [-0.39, 0.29) is 18.6 Å². The summed E-state index contributed by atoms with van der Waals surface area (Å²) in [4.78, 5) is 115. The monoisotopic (exact) mass is 1150 g/mol. The maximum absolute atomic E-state index is 15.1. The van der Waals surface area contributed by atoms with Crippen molar-refractivity contribution in [3.05, 3.63) is 60.2 Å². The molecule has 0 radical (unpaired) electrons. The number of benzene rings is 2. The van der Waals surface area contributed by atoms with E-state index < -0.39 is 172 Å². The molecule has 0 aromatic heterocycles. The zero-order valence-electron chi connectivity index (χ0n) is 47.0. The molecule has 0 unspecified atom stereocenters. The van der Waals surface area contributed by atoms with E-state index in [0.717, 1.165) is 55.2 Å². The summed E-state index contributed by atoms with van der Waals surface area (Å²) >= 11 is 0. The summed E-state index contributed by atoms with van der Waals surface area (Å²) in [5, 5.41) is 89.8. The number of aliphatic hydroxyl groups is 6. The van der Waals surface area contributed by atoms with Crippen LogP contribution >= 0.6 is 0 Å². The summed E-state index contributed by atoms with van der Waals surface area (Å²) in [6.45, 7) is 6.92. The molecule has 82 heavy (non-hydrogen) atoms. The topological polar surface area (TPSA) is 389 Å². The molecule has 4 heterocycles. The Labute approximate surface area is 477 Å². The number of nitrogens with one attached hydrogen (secondary N) is 5. The molecule has 8 amide bonds. The Morgan fingerprint density at radius 2 is 1.39 bits per heavy atom. The third kappa shape index (κ3) is 17.4. The van der Waals surface area contributed by atoms with Crippen LogP contribution in [0.15, 0.2) is 54.6 Å². The smallest absolute Gasteiger partial charge is 0.494 e. The van der Waals surface area contributed by atoms with Crippen LogP contribution in [0.1, 0.15) is 129 Å². The molecule has 0 spiro atoms. The molecular formula is C56H83BN8O17. The lowest BCUT2D eigenvalue weighted by molar-refractivity contribution is -0.148. The number of carbonyl (C=O) groups is 8. The molecule has 4 aliphatic rings. The molecule has 0 aliphatic carbocycles. The molecule has 2 aromatic rings. The van der Waals surface area contributed by atoms with Crippen LogP contribution in [0.25, 0.3) is 0 Å². The number of amides is 8. The molecule has 26 heteroatoms. The summed E-state index contributed by atoms with van der Waals surface area (Å²) in [6, 6.07) is 2.57. The first kappa shape index (κ1) is 64.9. The fourth-order valence-corrected chi connectivity index (χ4v) is 11.1. The van der Waals surface area contributed by atoms with Crippen LogP contribution < -0.4 is 37.8 Å². The number of hydrogen-bond acceptors (Lipinski definition) is 17. The van der Waals surface area contributed by atoms with Crippen molar-refractivity contribution in [3.63, 3.8) is 0 Å². The van der Waals surface area contributed by atoms with E-state index in [1.165, 1.54) is 30.7 Å². The van der Waals surface area contributed by atoms with Crippen molar-refractivity contribution in [3.8, 4) is 5.75 Å². The van der Waals surface area contributed by atoms with E-state index in [4.69, 9.17) is 15.0 Å². The van der Waals surface area contributed by atoms with E-state index in [2.05, 4.69) is 47.4 Å². The Balaban J connectivity index is 1.34. The first-order chi connectivity index (χ1) is 39.0. The summed E-state index contributed by atoms with van der Waals surface area (Å²) in [5.41, 5.74) is 6.21. The quantitative estimate of drug-likeness (QED) is 0.0510. The largest absolute Gasteiger partial charge is 0.508 e. The molecule has 16 atom stereocenters.